The van der Waals surface area contributed by atoms with Crippen molar-refractivity contribution < 1.29 is 9.18 Å². The third kappa shape index (κ3) is 3.15. The number of nitrogens with one attached hydrogen (secondary N) is 1. The number of amides is 1. The van der Waals surface area contributed by atoms with Gasteiger partial charge in [-0.1, -0.05) is 0 Å². The van der Waals surface area contributed by atoms with E-state index in [9.17, 15) is 9.18 Å². The number of hydrogen-bond donors (Lipinski definition) is 1. The molecule has 1 saturated carbocycles. The van der Waals surface area contributed by atoms with E-state index in [1.165, 1.54) is 6.07 Å². The zero-order valence-electron chi connectivity index (χ0n) is 11.2. The fourth-order valence-corrected chi connectivity index (χ4v) is 2.96. The first-order valence-corrected chi connectivity index (χ1v) is 8.39. The highest BCUT2D eigenvalue weighted by Crippen LogP contribution is 2.28. The molecule has 0 unspecified atom stereocenters. The maximum absolute atomic E-state index is 13.8. The van der Waals surface area contributed by atoms with Gasteiger partial charge < -0.3 is 9.88 Å². The third-order valence-electron chi connectivity index (χ3n) is 3.57. The maximum atomic E-state index is 13.8. The lowest BCUT2D eigenvalue weighted by Crippen LogP contribution is -2.28. The smallest absolute Gasteiger partial charge is 0.223 e. The summed E-state index contributed by atoms with van der Waals surface area (Å²) in [6, 6.07) is 3.18. The molecule has 0 spiro atoms. The number of alkyl halides is 1. The van der Waals surface area contributed by atoms with Crippen LogP contribution in [0.25, 0.3) is 11.0 Å². The Bertz CT molecular complexity index is 699. The molecule has 7 heteroatoms. The van der Waals surface area contributed by atoms with Crippen LogP contribution < -0.4 is 5.32 Å². The molecule has 1 aromatic carbocycles. The largest absolute Gasteiger partial charge is 0.354 e. The van der Waals surface area contributed by atoms with Crippen LogP contribution in [0.3, 0.4) is 0 Å². The van der Waals surface area contributed by atoms with Crippen LogP contribution in [-0.2, 0) is 17.2 Å². The zero-order chi connectivity index (χ0) is 15.0. The van der Waals surface area contributed by atoms with Gasteiger partial charge in [0.05, 0.1) is 20.5 Å². The van der Waals surface area contributed by atoms with Crippen LogP contribution in [0, 0.1) is 15.3 Å². The van der Waals surface area contributed by atoms with E-state index in [0.29, 0.717) is 28.0 Å². The molecule has 0 saturated heterocycles. The highest BCUT2D eigenvalue weighted by atomic mass is 127. The average molecular weight is 422 g/mol. The van der Waals surface area contributed by atoms with Gasteiger partial charge in [0.15, 0.2) is 0 Å². The minimum Gasteiger partial charge on any atom is -0.354 e. The van der Waals surface area contributed by atoms with E-state index >= 15 is 0 Å². The monoisotopic (exact) mass is 421 g/mol. The molecule has 0 bridgehead atoms. The van der Waals surface area contributed by atoms with Crippen LogP contribution in [0.1, 0.15) is 18.7 Å². The van der Waals surface area contributed by atoms with Gasteiger partial charge in [-0.3, -0.25) is 4.79 Å². The number of carbonyl (C=O) groups excluding carboxylic acids is 1. The standard InChI is InChI=1S/C14H14ClFIN3O/c15-7-13-19-11-6-10(17)9(16)5-12(11)20(13)4-3-18-14(21)8-1-2-8/h5-6,8H,1-4,7H2,(H,18,21). The second-order valence-corrected chi connectivity index (χ2v) is 6.56. The van der Waals surface area contributed by atoms with E-state index in [4.69, 9.17) is 11.6 Å². The fraction of sp³-hybridized carbons (Fsp3) is 0.429. The van der Waals surface area contributed by atoms with Gasteiger partial charge >= 0.3 is 0 Å². The number of benzene rings is 1. The Kier molecular flexibility index (Phi) is 4.35. The quantitative estimate of drug-likeness (QED) is 0.596. The summed E-state index contributed by atoms with van der Waals surface area (Å²) >= 11 is 7.86. The Labute approximate surface area is 140 Å². The number of rotatable bonds is 5. The van der Waals surface area contributed by atoms with Crippen LogP contribution in [0.15, 0.2) is 12.1 Å². The molecular formula is C14H14ClFIN3O. The first-order valence-electron chi connectivity index (χ1n) is 6.78. The summed E-state index contributed by atoms with van der Waals surface area (Å²) in [5.74, 6) is 0.966. The predicted molar refractivity (Wildman–Crippen MR) is 87.7 cm³/mol. The van der Waals surface area contributed by atoms with Crippen molar-refractivity contribution in [2.45, 2.75) is 25.3 Å². The minimum atomic E-state index is -0.271. The highest BCUT2D eigenvalue weighted by Gasteiger charge is 2.29. The summed E-state index contributed by atoms with van der Waals surface area (Å²) in [7, 11) is 0. The van der Waals surface area contributed by atoms with Crippen molar-refractivity contribution in [2.75, 3.05) is 6.54 Å². The van der Waals surface area contributed by atoms with Gasteiger partial charge in [0.2, 0.25) is 5.91 Å². The molecule has 1 fully saturated rings. The van der Waals surface area contributed by atoms with Crippen molar-refractivity contribution in [3.05, 3.63) is 27.3 Å². The van der Waals surface area contributed by atoms with Crippen molar-refractivity contribution in [3.63, 3.8) is 0 Å². The lowest BCUT2D eigenvalue weighted by atomic mass is 10.3. The molecule has 1 aromatic heterocycles. The number of carbonyl (C=O) groups is 1. The number of imidazole rings is 1. The van der Waals surface area contributed by atoms with Gasteiger partial charge in [0.1, 0.15) is 11.6 Å². The van der Waals surface area contributed by atoms with E-state index in [0.717, 1.165) is 18.4 Å². The Morgan fingerprint density at radius 1 is 1.52 bits per heavy atom. The molecule has 0 aliphatic heterocycles. The van der Waals surface area contributed by atoms with E-state index < -0.39 is 0 Å². The van der Waals surface area contributed by atoms with Crippen molar-refractivity contribution in [1.29, 1.82) is 0 Å². The van der Waals surface area contributed by atoms with E-state index in [2.05, 4.69) is 10.3 Å². The summed E-state index contributed by atoms with van der Waals surface area (Å²) in [6.07, 6.45) is 1.97. The van der Waals surface area contributed by atoms with Crippen LogP contribution in [0.2, 0.25) is 0 Å². The number of halogens is 3. The highest BCUT2D eigenvalue weighted by molar-refractivity contribution is 14.1. The average Bonchev–Trinajstić information content (AvgIpc) is 3.25. The van der Waals surface area contributed by atoms with Crippen LogP contribution in [-0.4, -0.2) is 22.0 Å². The van der Waals surface area contributed by atoms with Crippen molar-refractivity contribution >= 4 is 51.1 Å². The number of hydrogen-bond acceptors (Lipinski definition) is 2. The summed E-state index contributed by atoms with van der Waals surface area (Å²) in [5.41, 5.74) is 1.44. The minimum absolute atomic E-state index is 0.104. The van der Waals surface area contributed by atoms with Gasteiger partial charge in [0, 0.05) is 25.1 Å². The van der Waals surface area contributed by atoms with Gasteiger partial charge in [-0.05, 0) is 41.5 Å². The summed E-state index contributed by atoms with van der Waals surface area (Å²) in [6.45, 7) is 1.04. The third-order valence-corrected chi connectivity index (χ3v) is 4.64. The molecule has 2 aromatic rings. The van der Waals surface area contributed by atoms with Crippen LogP contribution in [0.4, 0.5) is 4.39 Å². The Hall–Kier alpha value is -0.890. The molecule has 3 rings (SSSR count). The van der Waals surface area contributed by atoms with Gasteiger partial charge in [-0.25, -0.2) is 9.37 Å². The summed E-state index contributed by atoms with van der Waals surface area (Å²) < 4.78 is 16.2. The second kappa shape index (κ2) is 6.08. The topological polar surface area (TPSA) is 46.9 Å². The molecule has 112 valence electrons. The fourth-order valence-electron chi connectivity index (χ4n) is 2.30. The molecular weight excluding hydrogens is 408 g/mol. The van der Waals surface area contributed by atoms with Crippen molar-refractivity contribution in [2.24, 2.45) is 5.92 Å². The number of aromatic nitrogens is 2. The number of nitrogens with zero attached hydrogens (tertiary/aromatic N) is 2. The predicted octanol–water partition coefficient (Wildman–Crippen LogP) is 3.05. The SMILES string of the molecule is O=C(NCCn1c(CCl)nc2cc(I)c(F)cc21)C1CC1. The van der Waals surface area contributed by atoms with E-state index in [1.54, 1.807) is 6.07 Å². The Balaban J connectivity index is 1.81. The Morgan fingerprint density at radius 3 is 2.95 bits per heavy atom. The van der Waals surface area contributed by atoms with Crippen molar-refractivity contribution in [1.82, 2.24) is 14.9 Å². The molecule has 0 atom stereocenters. The van der Waals surface area contributed by atoms with Crippen molar-refractivity contribution in [3.8, 4) is 0 Å². The van der Waals surface area contributed by atoms with Crippen LogP contribution >= 0.6 is 34.2 Å². The molecule has 0 radical (unpaired) electrons. The Morgan fingerprint density at radius 2 is 2.29 bits per heavy atom. The molecule has 4 nitrogen and oxygen atoms in total. The maximum Gasteiger partial charge on any atom is 0.223 e. The molecule has 1 amide bonds. The number of fused-ring (bicyclic) bond motifs is 1. The lowest BCUT2D eigenvalue weighted by molar-refractivity contribution is -0.122. The first kappa shape index (κ1) is 15.0. The second-order valence-electron chi connectivity index (χ2n) is 5.13. The van der Waals surface area contributed by atoms with E-state index in [-0.39, 0.29) is 23.5 Å². The molecule has 21 heavy (non-hydrogen) atoms. The van der Waals surface area contributed by atoms with Gasteiger partial charge in [0.25, 0.3) is 0 Å². The lowest BCUT2D eigenvalue weighted by Gasteiger charge is -2.09. The zero-order valence-corrected chi connectivity index (χ0v) is 14.1. The van der Waals surface area contributed by atoms with Crippen LogP contribution in [0.5, 0.6) is 0 Å². The molecule has 1 N–H and O–H groups in total. The first-order chi connectivity index (χ1) is 10.1. The molecule has 1 heterocycles. The van der Waals surface area contributed by atoms with Gasteiger partial charge in [-0.2, -0.15) is 0 Å². The normalized spacial score (nSPS) is 14.6. The molecule has 1 aliphatic carbocycles. The van der Waals surface area contributed by atoms with Gasteiger partial charge in [-0.15, -0.1) is 11.6 Å². The van der Waals surface area contributed by atoms with E-state index in [1.807, 2.05) is 27.2 Å². The summed E-state index contributed by atoms with van der Waals surface area (Å²) in [4.78, 5) is 16.1. The molecule has 1 aliphatic rings. The summed E-state index contributed by atoms with van der Waals surface area (Å²) in [5, 5.41) is 2.90.